The number of fused-ring (bicyclic) bond motifs is 1. The topological polar surface area (TPSA) is 52.6 Å². The molecule has 0 aromatic carbocycles. The van der Waals surface area contributed by atoms with E-state index in [-0.39, 0.29) is 23.1 Å². The van der Waals surface area contributed by atoms with Crippen molar-refractivity contribution in [2.45, 2.75) is 24.6 Å². The first-order valence-corrected chi connectivity index (χ1v) is 7.56. The van der Waals surface area contributed by atoms with Crippen LogP contribution < -0.4 is 0 Å². The predicted molar refractivity (Wildman–Crippen MR) is 79.8 cm³/mol. The van der Waals surface area contributed by atoms with Crippen LogP contribution in [0.3, 0.4) is 0 Å². The predicted octanol–water partition coefficient (Wildman–Crippen LogP) is 2.71. The standard InChI is InChI=1S/C16H21ClO4/c1-4-10-9-16(14(18)20-2,15(19)21-3)13-8-6-11(17)5-7-12(10)13/h4-5,7,10-13H,1,6,8-9H2,2-3H3/t10-,11+,12+,13+/m1/s1. The molecule has 5 heteroatoms. The molecule has 0 aromatic heterocycles. The Balaban J connectivity index is 2.50. The van der Waals surface area contributed by atoms with E-state index in [0.29, 0.717) is 12.8 Å². The zero-order valence-electron chi connectivity index (χ0n) is 12.4. The summed E-state index contributed by atoms with van der Waals surface area (Å²) in [5.41, 5.74) is -1.25. The summed E-state index contributed by atoms with van der Waals surface area (Å²) in [6.45, 7) is 3.85. The molecule has 0 aromatic rings. The van der Waals surface area contributed by atoms with Gasteiger partial charge in [0.25, 0.3) is 0 Å². The molecule has 0 bridgehead atoms. The molecule has 4 nitrogen and oxygen atoms in total. The second-order valence-corrected chi connectivity index (χ2v) is 6.28. The number of halogens is 1. The van der Waals surface area contributed by atoms with Gasteiger partial charge >= 0.3 is 11.9 Å². The second kappa shape index (κ2) is 6.22. The molecule has 21 heavy (non-hydrogen) atoms. The van der Waals surface area contributed by atoms with Gasteiger partial charge in [-0.3, -0.25) is 9.59 Å². The molecular weight excluding hydrogens is 292 g/mol. The van der Waals surface area contributed by atoms with Crippen LogP contribution in [0.1, 0.15) is 19.3 Å². The summed E-state index contributed by atoms with van der Waals surface area (Å²) in [4.78, 5) is 24.9. The first-order chi connectivity index (χ1) is 10.0. The van der Waals surface area contributed by atoms with E-state index in [1.807, 2.05) is 18.2 Å². The number of hydrogen-bond donors (Lipinski definition) is 0. The number of ether oxygens (including phenoxy) is 2. The van der Waals surface area contributed by atoms with Crippen molar-refractivity contribution in [3.05, 3.63) is 24.8 Å². The van der Waals surface area contributed by atoms with Gasteiger partial charge < -0.3 is 9.47 Å². The molecule has 2 rings (SSSR count). The molecule has 1 fully saturated rings. The highest BCUT2D eigenvalue weighted by molar-refractivity contribution is 6.21. The molecule has 0 aliphatic heterocycles. The van der Waals surface area contributed by atoms with Crippen molar-refractivity contribution in [2.24, 2.45) is 23.2 Å². The lowest BCUT2D eigenvalue weighted by atomic mass is 9.73. The first kappa shape index (κ1) is 16.1. The Kier molecular flexibility index (Phi) is 4.77. The van der Waals surface area contributed by atoms with Crippen molar-refractivity contribution in [3.63, 3.8) is 0 Å². The minimum absolute atomic E-state index is 0.0337. The average molecular weight is 313 g/mol. The van der Waals surface area contributed by atoms with E-state index in [0.717, 1.165) is 6.42 Å². The third kappa shape index (κ3) is 2.50. The summed E-state index contributed by atoms with van der Waals surface area (Å²) in [5, 5.41) is -0.0749. The molecule has 2 aliphatic carbocycles. The molecule has 0 saturated heterocycles. The lowest BCUT2D eigenvalue weighted by Crippen LogP contribution is -2.45. The molecule has 2 aliphatic rings. The fraction of sp³-hybridized carbons (Fsp3) is 0.625. The molecule has 0 amide bonds. The number of carbonyl (C=O) groups excluding carboxylic acids is 2. The number of methoxy groups -OCH3 is 2. The third-order valence-electron chi connectivity index (χ3n) is 4.85. The van der Waals surface area contributed by atoms with Crippen molar-refractivity contribution in [2.75, 3.05) is 14.2 Å². The number of hydrogen-bond acceptors (Lipinski definition) is 4. The summed E-state index contributed by atoms with van der Waals surface area (Å²) < 4.78 is 9.88. The van der Waals surface area contributed by atoms with Crippen LogP contribution in [0.2, 0.25) is 0 Å². The van der Waals surface area contributed by atoms with E-state index in [2.05, 4.69) is 6.58 Å². The Bertz CT molecular complexity index is 455. The largest absolute Gasteiger partial charge is 0.468 e. The summed E-state index contributed by atoms with van der Waals surface area (Å²) in [6, 6.07) is 0. The van der Waals surface area contributed by atoms with E-state index in [4.69, 9.17) is 21.1 Å². The molecule has 1 saturated carbocycles. The summed E-state index contributed by atoms with van der Waals surface area (Å²) in [6.07, 6.45) is 7.56. The monoisotopic (exact) mass is 312 g/mol. The van der Waals surface area contributed by atoms with Gasteiger partial charge in [-0.1, -0.05) is 18.2 Å². The van der Waals surface area contributed by atoms with Gasteiger partial charge in [0.05, 0.1) is 19.6 Å². The molecule has 0 spiro atoms. The number of esters is 2. The molecule has 0 heterocycles. The Morgan fingerprint density at radius 1 is 1.24 bits per heavy atom. The molecule has 4 atom stereocenters. The summed E-state index contributed by atoms with van der Waals surface area (Å²) in [7, 11) is 2.61. The first-order valence-electron chi connectivity index (χ1n) is 7.13. The SMILES string of the molecule is C=C[C@@H]1CC(C(=O)OC)(C(=O)OC)[C@H]2CC[C@@H](Cl)C=C[C@@H]12. The fourth-order valence-electron chi connectivity index (χ4n) is 3.84. The van der Waals surface area contributed by atoms with Crippen LogP contribution in [0.5, 0.6) is 0 Å². The third-order valence-corrected chi connectivity index (χ3v) is 5.21. The number of allylic oxidation sites excluding steroid dienone is 3. The molecule has 0 unspecified atom stereocenters. The second-order valence-electron chi connectivity index (χ2n) is 5.72. The maximum Gasteiger partial charge on any atom is 0.323 e. The van der Waals surface area contributed by atoms with Crippen LogP contribution >= 0.6 is 11.6 Å². The van der Waals surface area contributed by atoms with Gasteiger partial charge in [0.15, 0.2) is 5.41 Å². The maximum atomic E-state index is 12.4. The van der Waals surface area contributed by atoms with E-state index in [1.165, 1.54) is 14.2 Å². The van der Waals surface area contributed by atoms with Gasteiger partial charge in [-0.15, -0.1) is 18.2 Å². The van der Waals surface area contributed by atoms with Gasteiger partial charge in [0.2, 0.25) is 0 Å². The molecule has 0 radical (unpaired) electrons. The van der Waals surface area contributed by atoms with Crippen LogP contribution in [0, 0.1) is 23.2 Å². The molecule has 0 N–H and O–H groups in total. The Morgan fingerprint density at radius 2 is 1.86 bits per heavy atom. The normalized spacial score (nSPS) is 33.7. The fourth-order valence-corrected chi connectivity index (χ4v) is 4.05. The minimum atomic E-state index is -1.25. The van der Waals surface area contributed by atoms with E-state index >= 15 is 0 Å². The summed E-state index contributed by atoms with van der Waals surface area (Å²) >= 11 is 6.20. The Morgan fingerprint density at radius 3 is 2.38 bits per heavy atom. The summed E-state index contributed by atoms with van der Waals surface area (Å²) in [5.74, 6) is -1.11. The van der Waals surface area contributed by atoms with Gasteiger partial charge in [-0.05, 0) is 37.0 Å². The van der Waals surface area contributed by atoms with Crippen LogP contribution in [0.15, 0.2) is 24.8 Å². The molecular formula is C16H21ClO4. The van der Waals surface area contributed by atoms with E-state index < -0.39 is 17.4 Å². The van der Waals surface area contributed by atoms with Crippen LogP contribution in [-0.2, 0) is 19.1 Å². The van der Waals surface area contributed by atoms with Crippen molar-refractivity contribution < 1.29 is 19.1 Å². The van der Waals surface area contributed by atoms with Crippen LogP contribution in [0.25, 0.3) is 0 Å². The van der Waals surface area contributed by atoms with Crippen molar-refractivity contribution in [1.82, 2.24) is 0 Å². The molecule has 116 valence electrons. The van der Waals surface area contributed by atoms with Gasteiger partial charge in [0.1, 0.15) is 0 Å². The highest BCUT2D eigenvalue weighted by Crippen LogP contribution is 2.55. The van der Waals surface area contributed by atoms with E-state index in [9.17, 15) is 9.59 Å². The average Bonchev–Trinajstić information content (AvgIpc) is 2.70. The minimum Gasteiger partial charge on any atom is -0.468 e. The maximum absolute atomic E-state index is 12.4. The number of alkyl halides is 1. The zero-order chi connectivity index (χ0) is 15.6. The quantitative estimate of drug-likeness (QED) is 0.348. The lowest BCUT2D eigenvalue weighted by Gasteiger charge is -2.31. The van der Waals surface area contributed by atoms with Crippen molar-refractivity contribution in [3.8, 4) is 0 Å². The van der Waals surface area contributed by atoms with Crippen molar-refractivity contribution >= 4 is 23.5 Å². The lowest BCUT2D eigenvalue weighted by molar-refractivity contribution is -0.173. The van der Waals surface area contributed by atoms with Gasteiger partial charge in [0, 0.05) is 0 Å². The van der Waals surface area contributed by atoms with Crippen LogP contribution in [0.4, 0.5) is 0 Å². The zero-order valence-corrected chi connectivity index (χ0v) is 13.1. The van der Waals surface area contributed by atoms with Gasteiger partial charge in [-0.2, -0.15) is 0 Å². The Hall–Kier alpha value is -1.29. The Labute approximate surface area is 130 Å². The highest BCUT2D eigenvalue weighted by atomic mass is 35.5. The van der Waals surface area contributed by atoms with Crippen LogP contribution in [-0.4, -0.2) is 31.5 Å². The van der Waals surface area contributed by atoms with Gasteiger partial charge in [-0.25, -0.2) is 0 Å². The number of carbonyl (C=O) groups is 2. The highest BCUT2D eigenvalue weighted by Gasteiger charge is 2.62. The number of rotatable bonds is 3. The smallest absolute Gasteiger partial charge is 0.323 e. The van der Waals surface area contributed by atoms with Crippen molar-refractivity contribution in [1.29, 1.82) is 0 Å². The van der Waals surface area contributed by atoms with E-state index in [1.54, 1.807) is 0 Å².